The van der Waals surface area contributed by atoms with E-state index in [9.17, 15) is 14.1 Å². The molecule has 5 atom stereocenters. The minimum absolute atomic E-state index is 0.0346. The number of thioether (sulfide) groups is 2. The van der Waals surface area contributed by atoms with Crippen molar-refractivity contribution in [2.45, 2.75) is 69.0 Å². The van der Waals surface area contributed by atoms with Crippen LogP contribution in [-0.4, -0.2) is 64.5 Å². The van der Waals surface area contributed by atoms with Gasteiger partial charge in [0.15, 0.2) is 14.0 Å². The van der Waals surface area contributed by atoms with Crippen molar-refractivity contribution in [1.29, 1.82) is 0 Å². The Morgan fingerprint density at radius 3 is 2.66 bits per heavy atom. The molecule has 0 aromatic carbocycles. The lowest BCUT2D eigenvalue weighted by molar-refractivity contribution is -0.157. The molecule has 3 rings (SSSR count). The average molecular weight is 538 g/mol. The van der Waals surface area contributed by atoms with Gasteiger partial charge in [-0.1, -0.05) is 61.9 Å². The summed E-state index contributed by atoms with van der Waals surface area (Å²) in [6, 6.07) is 0. The van der Waals surface area contributed by atoms with Crippen molar-refractivity contribution in [3.8, 4) is 0 Å². The molecule has 32 heavy (non-hydrogen) atoms. The Labute approximate surface area is 208 Å². The smallest absolute Gasteiger partial charge is 0.357 e. The van der Waals surface area contributed by atoms with Crippen molar-refractivity contribution in [3.63, 3.8) is 0 Å². The minimum Gasteiger partial charge on any atom is -0.616 e. The summed E-state index contributed by atoms with van der Waals surface area (Å²) < 4.78 is 24.4. The molecular weight excluding hydrogens is 506 g/mol. The van der Waals surface area contributed by atoms with E-state index in [2.05, 4.69) is 40.4 Å². The predicted molar refractivity (Wildman–Crippen MR) is 136 cm³/mol. The van der Waals surface area contributed by atoms with Gasteiger partial charge in [0.05, 0.1) is 21.5 Å². The SMILES string of the molecule is C=C(Cl)COC(=O)C1=C(S[C@H]2CC[S@@+]([O-])C2)S[C@@H]2[C@@H]([C@@H](C)O[Si](C)(C)C(C)(C)C)C(=O)N12. The lowest BCUT2D eigenvalue weighted by atomic mass is 9.92. The minimum atomic E-state index is -2.05. The summed E-state index contributed by atoms with van der Waals surface area (Å²) in [6.07, 6.45) is 0.579. The first-order valence-electron chi connectivity index (χ1n) is 10.7. The molecule has 0 aliphatic carbocycles. The van der Waals surface area contributed by atoms with Gasteiger partial charge in [0.2, 0.25) is 5.91 Å². The van der Waals surface area contributed by atoms with Gasteiger partial charge in [-0.25, -0.2) is 4.79 Å². The van der Waals surface area contributed by atoms with Gasteiger partial charge in [-0.2, -0.15) is 0 Å². The summed E-state index contributed by atoms with van der Waals surface area (Å²) in [4.78, 5) is 27.6. The molecule has 0 saturated carbocycles. The Morgan fingerprint density at radius 2 is 2.12 bits per heavy atom. The Kier molecular flexibility index (Phi) is 8.17. The van der Waals surface area contributed by atoms with Crippen LogP contribution in [0.1, 0.15) is 34.1 Å². The molecule has 0 bridgehead atoms. The summed E-state index contributed by atoms with van der Waals surface area (Å²) >= 11 is 8.00. The predicted octanol–water partition coefficient (Wildman–Crippen LogP) is 4.65. The fourth-order valence-corrected chi connectivity index (χ4v) is 10.3. The summed E-state index contributed by atoms with van der Waals surface area (Å²) in [6.45, 7) is 16.3. The highest BCUT2D eigenvalue weighted by molar-refractivity contribution is 8.23. The van der Waals surface area contributed by atoms with E-state index in [1.165, 1.54) is 23.5 Å². The Balaban J connectivity index is 1.78. The number of ether oxygens (including phenoxy) is 1. The van der Waals surface area contributed by atoms with E-state index in [0.717, 1.165) is 10.7 Å². The second-order valence-corrected chi connectivity index (χ2v) is 19.5. The highest BCUT2D eigenvalue weighted by Gasteiger charge is 2.59. The molecular formula is C21H32ClNO5S3Si. The molecule has 0 unspecified atom stereocenters. The fourth-order valence-electron chi connectivity index (χ4n) is 3.62. The first-order chi connectivity index (χ1) is 14.7. The number of nitrogens with zero attached hydrogens (tertiary/aromatic N) is 1. The van der Waals surface area contributed by atoms with Crippen LogP contribution in [0.5, 0.6) is 0 Å². The molecule has 0 spiro atoms. The monoisotopic (exact) mass is 537 g/mol. The van der Waals surface area contributed by atoms with Crippen molar-refractivity contribution in [3.05, 3.63) is 21.5 Å². The van der Waals surface area contributed by atoms with Crippen LogP contribution in [0.15, 0.2) is 21.5 Å². The highest BCUT2D eigenvalue weighted by atomic mass is 35.5. The third-order valence-electron chi connectivity index (χ3n) is 6.40. The van der Waals surface area contributed by atoms with Crippen molar-refractivity contribution in [2.24, 2.45) is 5.92 Å². The van der Waals surface area contributed by atoms with Crippen LogP contribution in [0.4, 0.5) is 0 Å². The van der Waals surface area contributed by atoms with Crippen molar-refractivity contribution < 1.29 is 23.3 Å². The van der Waals surface area contributed by atoms with E-state index in [4.69, 9.17) is 20.8 Å². The molecule has 0 aromatic rings. The summed E-state index contributed by atoms with van der Waals surface area (Å²) in [5, 5.41) is 0.216. The lowest BCUT2D eigenvalue weighted by Gasteiger charge is -2.48. The lowest BCUT2D eigenvalue weighted by Crippen LogP contribution is -2.62. The Hall–Kier alpha value is -0.103. The van der Waals surface area contributed by atoms with Gasteiger partial charge in [0.1, 0.15) is 23.5 Å². The third kappa shape index (κ3) is 5.42. The molecule has 3 heterocycles. The van der Waals surface area contributed by atoms with Crippen LogP contribution >= 0.6 is 35.1 Å². The first kappa shape index (κ1) is 26.5. The van der Waals surface area contributed by atoms with Crippen molar-refractivity contribution in [2.75, 3.05) is 18.1 Å². The quantitative estimate of drug-likeness (QED) is 0.193. The van der Waals surface area contributed by atoms with E-state index in [-0.39, 0.29) is 50.9 Å². The molecule has 1 amide bonds. The van der Waals surface area contributed by atoms with Crippen LogP contribution in [-0.2, 0) is 29.9 Å². The van der Waals surface area contributed by atoms with Gasteiger partial charge in [-0.05, 0) is 25.1 Å². The zero-order chi connectivity index (χ0) is 24.0. The second kappa shape index (κ2) is 9.87. The normalized spacial score (nSPS) is 29.1. The molecule has 3 aliphatic rings. The van der Waals surface area contributed by atoms with Crippen molar-refractivity contribution >= 4 is 66.5 Å². The second-order valence-electron chi connectivity index (χ2n) is 9.89. The summed E-state index contributed by atoms with van der Waals surface area (Å²) in [5.74, 6) is 0.260. The number of fused-ring (bicyclic) bond motifs is 1. The molecule has 0 radical (unpaired) electrons. The number of rotatable bonds is 8. The van der Waals surface area contributed by atoms with E-state index in [1.807, 2.05) is 6.92 Å². The maximum Gasteiger partial charge on any atom is 0.357 e. The number of hydrogen-bond acceptors (Lipinski definition) is 7. The topological polar surface area (TPSA) is 78.9 Å². The van der Waals surface area contributed by atoms with Gasteiger partial charge in [0, 0.05) is 11.5 Å². The maximum atomic E-state index is 13.2. The molecule has 2 fully saturated rings. The number of β-lactam (4-membered cyclic amide) rings is 1. The molecule has 11 heteroatoms. The molecule has 6 nitrogen and oxygen atoms in total. The van der Waals surface area contributed by atoms with Gasteiger partial charge in [-0.3, -0.25) is 9.69 Å². The molecule has 2 saturated heterocycles. The number of hydrogen-bond donors (Lipinski definition) is 0. The maximum absolute atomic E-state index is 13.2. The van der Waals surface area contributed by atoms with E-state index in [0.29, 0.717) is 11.5 Å². The highest BCUT2D eigenvalue weighted by Crippen LogP contribution is 2.56. The van der Waals surface area contributed by atoms with Crippen LogP contribution in [0, 0.1) is 5.92 Å². The van der Waals surface area contributed by atoms with Crippen LogP contribution in [0.25, 0.3) is 0 Å². The number of carbonyl (C=O) groups excluding carboxylic acids is 2. The fraction of sp³-hybridized carbons (Fsp3) is 0.714. The van der Waals surface area contributed by atoms with Crippen LogP contribution in [0.3, 0.4) is 0 Å². The zero-order valence-corrected chi connectivity index (χ0v) is 23.6. The van der Waals surface area contributed by atoms with E-state index in [1.54, 1.807) is 4.90 Å². The third-order valence-corrected chi connectivity index (χ3v) is 15.6. The number of amides is 1. The van der Waals surface area contributed by atoms with Gasteiger partial charge >= 0.3 is 5.97 Å². The average Bonchev–Trinajstić information content (AvgIpc) is 3.19. The van der Waals surface area contributed by atoms with Gasteiger partial charge in [-0.15, -0.1) is 11.8 Å². The standard InChI is InChI=1S/C21H32ClNO5S3Si/c1-12(22)10-27-19(25)16-20(29-14-8-9-31(26)11-14)30-18-15(17(24)23(16)18)13(2)28-32(6,7)21(3,4)5/h13-15,18H,1,8-11H2,2-7H3/t13-,14+,15+,18-,31-/m1/s1. The molecule has 180 valence electrons. The largest absolute Gasteiger partial charge is 0.616 e. The number of halogens is 1. The van der Waals surface area contributed by atoms with Crippen LogP contribution < -0.4 is 0 Å². The van der Waals surface area contributed by atoms with E-state index < -0.39 is 25.5 Å². The number of esters is 1. The van der Waals surface area contributed by atoms with Crippen molar-refractivity contribution in [1.82, 2.24) is 4.90 Å². The first-order valence-corrected chi connectivity index (χ1v) is 17.2. The van der Waals surface area contributed by atoms with Gasteiger partial charge in [0.25, 0.3) is 0 Å². The Bertz CT molecular complexity index is 831. The zero-order valence-electron chi connectivity index (χ0n) is 19.4. The Morgan fingerprint density at radius 1 is 1.47 bits per heavy atom. The van der Waals surface area contributed by atoms with E-state index >= 15 is 0 Å². The van der Waals surface area contributed by atoms with Crippen LogP contribution in [0.2, 0.25) is 18.1 Å². The molecule has 0 N–H and O–H groups in total. The number of carbonyl (C=O) groups is 2. The summed E-state index contributed by atoms with van der Waals surface area (Å²) in [7, 11) is -2.05. The van der Waals surface area contributed by atoms with Gasteiger partial charge < -0.3 is 13.7 Å². The molecule has 0 aromatic heterocycles. The summed E-state index contributed by atoms with van der Waals surface area (Å²) in [5.41, 5.74) is 0.279. The molecule has 3 aliphatic heterocycles.